The van der Waals surface area contributed by atoms with Crippen LogP contribution in [-0.2, 0) is 4.79 Å². The predicted octanol–water partition coefficient (Wildman–Crippen LogP) is 6.39. The highest BCUT2D eigenvalue weighted by atomic mass is 35.5. The van der Waals surface area contributed by atoms with Crippen molar-refractivity contribution in [2.75, 3.05) is 11.4 Å². The smallest absolute Gasteiger partial charge is 0.264 e. The highest BCUT2D eigenvalue weighted by Crippen LogP contribution is 2.40. The number of fused-ring (bicyclic) bond motifs is 1. The van der Waals surface area contributed by atoms with Crippen molar-refractivity contribution < 1.29 is 9.18 Å². The van der Waals surface area contributed by atoms with Gasteiger partial charge in [0.2, 0.25) is 0 Å². The molecule has 160 valence electrons. The van der Waals surface area contributed by atoms with E-state index in [-0.39, 0.29) is 17.3 Å². The van der Waals surface area contributed by atoms with Crippen molar-refractivity contribution in [3.05, 3.63) is 69.3 Å². The number of benzene rings is 2. The molecule has 2 aliphatic heterocycles. The molecule has 0 aromatic heterocycles. The fourth-order valence-electron chi connectivity index (χ4n) is 4.09. The number of amidine groups is 1. The molecule has 4 rings (SSSR count). The Morgan fingerprint density at radius 2 is 2.06 bits per heavy atom. The normalized spacial score (nSPS) is 20.1. The van der Waals surface area contributed by atoms with Crippen LogP contribution in [-0.4, -0.2) is 23.2 Å². The Bertz CT molecular complexity index is 1170. The monoisotopic (exact) mass is 455 g/mol. The lowest BCUT2D eigenvalue weighted by Gasteiger charge is -2.42. The van der Waals surface area contributed by atoms with Crippen LogP contribution in [0.3, 0.4) is 0 Å². The zero-order chi connectivity index (χ0) is 22.3. The molecule has 7 heteroatoms. The number of halogens is 2. The molecule has 2 heterocycles. The third-order valence-corrected chi connectivity index (χ3v) is 6.53. The number of thioether (sulfide) groups is 1. The third-order valence-electron chi connectivity index (χ3n) is 5.39. The zero-order valence-electron chi connectivity index (χ0n) is 17.8. The third kappa shape index (κ3) is 4.27. The van der Waals surface area contributed by atoms with E-state index in [0.29, 0.717) is 26.3 Å². The van der Waals surface area contributed by atoms with Gasteiger partial charge in [-0.2, -0.15) is 0 Å². The number of anilines is 1. The van der Waals surface area contributed by atoms with Crippen LogP contribution in [0.2, 0.25) is 5.02 Å². The second-order valence-corrected chi connectivity index (χ2v) is 9.54. The average Bonchev–Trinajstić information content (AvgIpc) is 3.01. The van der Waals surface area contributed by atoms with Gasteiger partial charge in [-0.25, -0.2) is 9.38 Å². The molecule has 31 heavy (non-hydrogen) atoms. The average molecular weight is 456 g/mol. The first-order valence-electron chi connectivity index (χ1n) is 10.0. The molecule has 4 nitrogen and oxygen atoms in total. The molecule has 0 unspecified atom stereocenters. The number of carbonyl (C=O) groups is 1. The van der Waals surface area contributed by atoms with E-state index in [4.69, 9.17) is 11.6 Å². The van der Waals surface area contributed by atoms with E-state index >= 15 is 4.39 Å². The lowest BCUT2D eigenvalue weighted by molar-refractivity contribution is -0.115. The van der Waals surface area contributed by atoms with Crippen LogP contribution >= 0.6 is 23.4 Å². The molecule has 0 atom stereocenters. The van der Waals surface area contributed by atoms with E-state index in [2.05, 4.69) is 42.1 Å². The molecule has 0 radical (unpaired) electrons. The summed E-state index contributed by atoms with van der Waals surface area (Å²) >= 11 is 7.18. The Hall–Kier alpha value is -2.57. The fourth-order valence-corrected chi connectivity index (χ4v) is 5.11. The quantitative estimate of drug-likeness (QED) is 0.545. The van der Waals surface area contributed by atoms with Gasteiger partial charge in [-0.05, 0) is 81.4 Å². The van der Waals surface area contributed by atoms with Gasteiger partial charge in [-0.3, -0.25) is 4.79 Å². The summed E-state index contributed by atoms with van der Waals surface area (Å²) in [5, 5.41) is 3.73. The number of nitrogens with zero attached hydrogens (tertiary/aromatic N) is 2. The van der Waals surface area contributed by atoms with E-state index in [0.717, 1.165) is 23.4 Å². The second-order valence-electron chi connectivity index (χ2n) is 8.08. The number of allylic oxidation sites excluding steroid dienone is 1. The number of carbonyl (C=O) groups excluding carboxylic acids is 1. The molecule has 2 aromatic rings. The Morgan fingerprint density at radius 3 is 2.77 bits per heavy atom. The maximum absolute atomic E-state index is 15.1. The van der Waals surface area contributed by atoms with Crippen LogP contribution in [0.5, 0.6) is 0 Å². The molecule has 1 saturated heterocycles. The number of nitrogens with one attached hydrogen (secondary N) is 1. The molecule has 0 aliphatic carbocycles. The standard InChI is InChI=1S/C24H23ClFN3OS/c1-5-29-20-12-19(26)15(9-18(20)14(2)13-24(29,3)4)10-21-22(30)28-23(31-21)27-17-8-6-7-16(25)11-17/h6-13H,5H2,1-4H3,(H,27,28,30)/b21-10+. The summed E-state index contributed by atoms with van der Waals surface area (Å²) in [5.74, 6) is -0.657. The Morgan fingerprint density at radius 1 is 1.29 bits per heavy atom. The van der Waals surface area contributed by atoms with E-state index in [1.165, 1.54) is 11.8 Å². The molecular weight excluding hydrogens is 433 g/mol. The first kappa shape index (κ1) is 21.7. The molecule has 1 amide bonds. The number of aliphatic imine (C=N–C) groups is 1. The molecule has 2 aliphatic rings. The van der Waals surface area contributed by atoms with Gasteiger partial charge in [-0.15, -0.1) is 0 Å². The van der Waals surface area contributed by atoms with Gasteiger partial charge in [0.15, 0.2) is 5.17 Å². The second kappa shape index (κ2) is 8.17. The van der Waals surface area contributed by atoms with E-state index in [9.17, 15) is 4.79 Å². The van der Waals surface area contributed by atoms with Crippen molar-refractivity contribution in [1.29, 1.82) is 0 Å². The van der Waals surface area contributed by atoms with E-state index < -0.39 is 0 Å². The topological polar surface area (TPSA) is 44.7 Å². The minimum atomic E-state index is -0.358. The lowest BCUT2D eigenvalue weighted by atomic mass is 9.88. The summed E-state index contributed by atoms with van der Waals surface area (Å²) in [6.07, 6.45) is 3.78. The van der Waals surface area contributed by atoms with Crippen LogP contribution in [0.4, 0.5) is 15.8 Å². The summed E-state index contributed by atoms with van der Waals surface area (Å²) in [4.78, 5) is 19.4. The number of amides is 1. The minimum Gasteiger partial charge on any atom is -0.363 e. The van der Waals surface area contributed by atoms with Crippen LogP contribution in [0.25, 0.3) is 11.6 Å². The zero-order valence-corrected chi connectivity index (χ0v) is 19.4. The van der Waals surface area contributed by atoms with Crippen molar-refractivity contribution in [3.8, 4) is 0 Å². The largest absolute Gasteiger partial charge is 0.363 e. The summed E-state index contributed by atoms with van der Waals surface area (Å²) in [6.45, 7) is 9.11. The van der Waals surface area contributed by atoms with Gasteiger partial charge in [-0.1, -0.05) is 23.7 Å². The molecule has 1 fully saturated rings. The van der Waals surface area contributed by atoms with E-state index in [1.54, 1.807) is 36.4 Å². The van der Waals surface area contributed by atoms with Crippen molar-refractivity contribution in [2.24, 2.45) is 4.99 Å². The number of hydrogen-bond donors (Lipinski definition) is 1. The van der Waals surface area contributed by atoms with Crippen molar-refractivity contribution in [1.82, 2.24) is 5.32 Å². The van der Waals surface area contributed by atoms with Gasteiger partial charge >= 0.3 is 0 Å². The van der Waals surface area contributed by atoms with Crippen molar-refractivity contribution in [3.63, 3.8) is 0 Å². The highest BCUT2D eigenvalue weighted by Gasteiger charge is 2.31. The maximum atomic E-state index is 15.1. The van der Waals surface area contributed by atoms with Gasteiger partial charge in [0.25, 0.3) is 5.91 Å². The highest BCUT2D eigenvalue weighted by molar-refractivity contribution is 8.18. The molecule has 0 spiro atoms. The van der Waals surface area contributed by atoms with Gasteiger partial charge in [0.1, 0.15) is 5.82 Å². The van der Waals surface area contributed by atoms with Crippen LogP contribution < -0.4 is 10.2 Å². The maximum Gasteiger partial charge on any atom is 0.264 e. The first-order chi connectivity index (χ1) is 14.7. The summed E-state index contributed by atoms with van der Waals surface area (Å²) in [7, 11) is 0. The SMILES string of the molecule is CCN1c2cc(F)c(/C=C3/SC(=Nc4cccc(Cl)c4)NC3=O)cc2C(C)=CC1(C)C. The van der Waals surface area contributed by atoms with Gasteiger partial charge in [0, 0.05) is 28.4 Å². The Balaban J connectivity index is 1.68. The van der Waals surface area contributed by atoms with Gasteiger partial charge < -0.3 is 10.2 Å². The summed E-state index contributed by atoms with van der Waals surface area (Å²) < 4.78 is 15.1. The molecular formula is C24H23ClFN3OS. The predicted molar refractivity (Wildman–Crippen MR) is 129 cm³/mol. The van der Waals surface area contributed by atoms with Gasteiger partial charge in [0.05, 0.1) is 16.1 Å². The Labute approximate surface area is 190 Å². The molecule has 2 aromatic carbocycles. The lowest BCUT2D eigenvalue weighted by Crippen LogP contribution is -2.45. The van der Waals surface area contributed by atoms with E-state index in [1.807, 2.05) is 13.0 Å². The number of likely N-dealkylation sites (N-methyl/N-ethyl adjacent to an activating group) is 1. The summed E-state index contributed by atoms with van der Waals surface area (Å²) in [5.41, 5.74) is 3.77. The molecule has 0 saturated carbocycles. The number of rotatable bonds is 3. The van der Waals surface area contributed by atoms with Crippen molar-refractivity contribution >= 4 is 57.5 Å². The molecule has 1 N–H and O–H groups in total. The first-order valence-corrected chi connectivity index (χ1v) is 11.2. The van der Waals surface area contributed by atoms with Crippen molar-refractivity contribution in [2.45, 2.75) is 33.2 Å². The van der Waals surface area contributed by atoms with Crippen LogP contribution in [0.15, 0.2) is 52.4 Å². The Kier molecular flexibility index (Phi) is 5.71. The molecule has 0 bridgehead atoms. The van der Waals surface area contributed by atoms with Crippen LogP contribution in [0, 0.1) is 5.82 Å². The number of hydrogen-bond acceptors (Lipinski definition) is 4. The fraction of sp³-hybridized carbons (Fsp3) is 0.250. The van der Waals surface area contributed by atoms with Crippen LogP contribution in [0.1, 0.15) is 38.8 Å². The summed E-state index contributed by atoms with van der Waals surface area (Å²) in [6, 6.07) is 10.4. The minimum absolute atomic E-state index is 0.189.